The molecule has 1 amide bonds. The van der Waals surface area contributed by atoms with Crippen LogP contribution in [-0.4, -0.2) is 63.1 Å². The highest BCUT2D eigenvalue weighted by Gasteiger charge is 2.43. The molecule has 0 spiro atoms. The number of ether oxygens (including phenoxy) is 2. The zero-order chi connectivity index (χ0) is 21.1. The first-order valence-corrected chi connectivity index (χ1v) is 9.74. The molecule has 3 heterocycles. The SMILES string of the molecule is COC(=O)[C@H]1C(=O)NC(N2CCN(c3cccc(OC)c3)CC2)=N[C@H]1c1ccco1. The molecule has 0 radical (unpaired) electrons. The van der Waals surface area contributed by atoms with Gasteiger partial charge in [-0.1, -0.05) is 6.07 Å². The van der Waals surface area contributed by atoms with Crippen molar-refractivity contribution in [1.29, 1.82) is 0 Å². The average Bonchev–Trinajstić information content (AvgIpc) is 3.33. The van der Waals surface area contributed by atoms with Gasteiger partial charge in [0.1, 0.15) is 17.6 Å². The molecule has 2 atom stereocenters. The second kappa shape index (κ2) is 8.48. The number of rotatable bonds is 4. The zero-order valence-corrected chi connectivity index (χ0v) is 16.9. The van der Waals surface area contributed by atoms with Crippen LogP contribution in [0.3, 0.4) is 0 Å². The van der Waals surface area contributed by atoms with Gasteiger partial charge in [0.05, 0.1) is 20.5 Å². The molecule has 9 heteroatoms. The molecule has 30 heavy (non-hydrogen) atoms. The van der Waals surface area contributed by atoms with Crippen LogP contribution in [0.4, 0.5) is 5.69 Å². The van der Waals surface area contributed by atoms with Crippen LogP contribution in [0.2, 0.25) is 0 Å². The summed E-state index contributed by atoms with van der Waals surface area (Å²) in [5, 5.41) is 2.77. The molecule has 0 aliphatic carbocycles. The van der Waals surface area contributed by atoms with Crippen molar-refractivity contribution in [1.82, 2.24) is 10.2 Å². The van der Waals surface area contributed by atoms with E-state index in [1.165, 1.54) is 13.4 Å². The molecule has 4 rings (SSSR count). The van der Waals surface area contributed by atoms with Crippen molar-refractivity contribution in [2.75, 3.05) is 45.3 Å². The maximum atomic E-state index is 12.7. The van der Waals surface area contributed by atoms with Gasteiger partial charge in [-0.15, -0.1) is 0 Å². The van der Waals surface area contributed by atoms with E-state index in [-0.39, 0.29) is 0 Å². The van der Waals surface area contributed by atoms with Crippen LogP contribution in [0.25, 0.3) is 0 Å². The van der Waals surface area contributed by atoms with Crippen LogP contribution in [0.15, 0.2) is 52.1 Å². The number of carbonyl (C=O) groups excluding carboxylic acids is 2. The summed E-state index contributed by atoms with van der Waals surface area (Å²) in [6.45, 7) is 2.86. The third-order valence-corrected chi connectivity index (χ3v) is 5.38. The molecule has 0 unspecified atom stereocenters. The van der Waals surface area contributed by atoms with Gasteiger partial charge < -0.3 is 23.7 Å². The maximum absolute atomic E-state index is 12.7. The van der Waals surface area contributed by atoms with Crippen molar-refractivity contribution >= 4 is 23.5 Å². The number of benzene rings is 1. The van der Waals surface area contributed by atoms with Gasteiger partial charge >= 0.3 is 5.97 Å². The summed E-state index contributed by atoms with van der Waals surface area (Å²) in [5.41, 5.74) is 1.09. The summed E-state index contributed by atoms with van der Waals surface area (Å²) in [5.74, 6) is -0.445. The van der Waals surface area contributed by atoms with Crippen LogP contribution < -0.4 is 15.0 Å². The molecule has 1 aromatic heterocycles. The molecule has 2 aliphatic rings. The van der Waals surface area contributed by atoms with E-state index in [9.17, 15) is 9.59 Å². The quantitative estimate of drug-likeness (QED) is 0.599. The van der Waals surface area contributed by atoms with E-state index in [1.54, 1.807) is 19.2 Å². The Bertz CT molecular complexity index is 935. The van der Waals surface area contributed by atoms with Crippen LogP contribution in [0.1, 0.15) is 11.8 Å². The molecule has 2 aromatic rings. The minimum atomic E-state index is -1.08. The number of anilines is 1. The third kappa shape index (κ3) is 3.83. The van der Waals surface area contributed by atoms with Crippen LogP contribution in [0.5, 0.6) is 5.75 Å². The second-order valence-electron chi connectivity index (χ2n) is 7.08. The number of piperazine rings is 1. The van der Waals surface area contributed by atoms with Gasteiger partial charge in [0, 0.05) is 37.9 Å². The second-order valence-corrected chi connectivity index (χ2v) is 7.08. The Morgan fingerprint density at radius 1 is 1.13 bits per heavy atom. The predicted molar refractivity (Wildman–Crippen MR) is 109 cm³/mol. The lowest BCUT2D eigenvalue weighted by Crippen LogP contribution is -2.57. The highest BCUT2D eigenvalue weighted by Crippen LogP contribution is 2.31. The average molecular weight is 412 g/mol. The van der Waals surface area contributed by atoms with Gasteiger partial charge in [-0.25, -0.2) is 4.99 Å². The minimum Gasteiger partial charge on any atom is -0.497 e. The van der Waals surface area contributed by atoms with E-state index in [1.807, 2.05) is 29.2 Å². The number of furan rings is 1. The molecular weight excluding hydrogens is 388 g/mol. The largest absolute Gasteiger partial charge is 0.497 e. The number of hydrogen-bond donors (Lipinski definition) is 1. The predicted octanol–water partition coefficient (Wildman–Crippen LogP) is 1.43. The van der Waals surface area contributed by atoms with Gasteiger partial charge in [0.2, 0.25) is 11.9 Å². The molecule has 2 aliphatic heterocycles. The lowest BCUT2D eigenvalue weighted by Gasteiger charge is -2.39. The summed E-state index contributed by atoms with van der Waals surface area (Å²) in [4.78, 5) is 33.8. The standard InChI is InChI=1S/C21H24N4O5/c1-28-15-6-3-5-14(13-15)24-8-10-25(11-9-24)21-22-18(16-7-4-12-30-16)17(19(26)23-21)20(27)29-2/h3-7,12-13,17-18H,8-11H2,1-2H3,(H,22,23,26)/t17-,18+/m1/s1. The van der Waals surface area contributed by atoms with E-state index in [0.717, 1.165) is 24.5 Å². The van der Waals surface area contributed by atoms with E-state index in [2.05, 4.69) is 15.2 Å². The highest BCUT2D eigenvalue weighted by atomic mass is 16.5. The molecule has 1 saturated heterocycles. The fourth-order valence-electron chi connectivity index (χ4n) is 3.76. The Morgan fingerprint density at radius 3 is 2.57 bits per heavy atom. The van der Waals surface area contributed by atoms with Gasteiger partial charge in [-0.3, -0.25) is 14.9 Å². The fraction of sp³-hybridized carbons (Fsp3) is 0.381. The highest BCUT2D eigenvalue weighted by molar-refractivity contribution is 6.08. The topological polar surface area (TPSA) is 96.6 Å². The van der Waals surface area contributed by atoms with Gasteiger partial charge in [0.25, 0.3) is 0 Å². The van der Waals surface area contributed by atoms with Crippen LogP contribution >= 0.6 is 0 Å². The van der Waals surface area contributed by atoms with Gasteiger partial charge in [0.15, 0.2) is 5.92 Å². The van der Waals surface area contributed by atoms with E-state index in [4.69, 9.17) is 13.9 Å². The van der Waals surface area contributed by atoms with Crippen molar-refractivity contribution in [3.05, 3.63) is 48.4 Å². The number of hydrogen-bond acceptors (Lipinski definition) is 8. The first kappa shape index (κ1) is 19.8. The molecule has 1 N–H and O–H groups in total. The number of guanidine groups is 1. The first-order valence-electron chi connectivity index (χ1n) is 9.74. The van der Waals surface area contributed by atoms with Crippen molar-refractivity contribution in [2.45, 2.75) is 6.04 Å². The summed E-state index contributed by atoms with van der Waals surface area (Å²) in [7, 11) is 2.91. The molecule has 1 aromatic carbocycles. The van der Waals surface area contributed by atoms with Crippen molar-refractivity contribution in [2.24, 2.45) is 10.9 Å². The van der Waals surface area contributed by atoms with Crippen molar-refractivity contribution in [3.8, 4) is 5.75 Å². The Balaban J connectivity index is 1.51. The van der Waals surface area contributed by atoms with Gasteiger partial charge in [-0.2, -0.15) is 0 Å². The van der Waals surface area contributed by atoms with E-state index >= 15 is 0 Å². The summed E-state index contributed by atoms with van der Waals surface area (Å²) >= 11 is 0. The molecule has 0 bridgehead atoms. The van der Waals surface area contributed by atoms with Crippen molar-refractivity contribution < 1.29 is 23.5 Å². The normalized spacial score (nSPS) is 21.7. The maximum Gasteiger partial charge on any atom is 0.320 e. The molecule has 1 fully saturated rings. The monoisotopic (exact) mass is 412 g/mol. The number of methoxy groups -OCH3 is 2. The lowest BCUT2D eigenvalue weighted by atomic mass is 9.95. The molecular formula is C21H24N4O5. The molecule has 0 saturated carbocycles. The Hall–Kier alpha value is -3.49. The smallest absolute Gasteiger partial charge is 0.320 e. The number of nitrogens with one attached hydrogen (secondary N) is 1. The number of esters is 1. The Labute approximate surface area is 174 Å². The van der Waals surface area contributed by atoms with Crippen molar-refractivity contribution in [3.63, 3.8) is 0 Å². The first-order chi connectivity index (χ1) is 14.6. The summed E-state index contributed by atoms with van der Waals surface area (Å²) < 4.78 is 15.6. The number of carbonyl (C=O) groups is 2. The number of amides is 1. The van der Waals surface area contributed by atoms with E-state index < -0.39 is 23.8 Å². The Kier molecular flexibility index (Phi) is 5.60. The number of aliphatic imine (C=N–C) groups is 1. The van der Waals surface area contributed by atoms with Gasteiger partial charge in [-0.05, 0) is 24.3 Å². The van der Waals surface area contributed by atoms with E-state index in [0.29, 0.717) is 24.8 Å². The summed E-state index contributed by atoms with van der Waals surface area (Å²) in [6, 6.07) is 10.6. The minimum absolute atomic E-state index is 0.441. The Morgan fingerprint density at radius 2 is 1.90 bits per heavy atom. The summed E-state index contributed by atoms with van der Waals surface area (Å²) in [6.07, 6.45) is 1.50. The van der Waals surface area contributed by atoms with Crippen LogP contribution in [0, 0.1) is 5.92 Å². The van der Waals surface area contributed by atoms with Crippen LogP contribution in [-0.2, 0) is 14.3 Å². The molecule has 158 valence electrons. The number of nitrogens with zero attached hydrogens (tertiary/aromatic N) is 3. The fourth-order valence-corrected chi connectivity index (χ4v) is 3.76. The molecule has 9 nitrogen and oxygen atoms in total. The third-order valence-electron chi connectivity index (χ3n) is 5.38. The zero-order valence-electron chi connectivity index (χ0n) is 16.9. The lowest BCUT2D eigenvalue weighted by molar-refractivity contribution is -0.151.